The van der Waals surface area contributed by atoms with Gasteiger partial charge in [0.15, 0.2) is 0 Å². The van der Waals surface area contributed by atoms with Gasteiger partial charge in [0.1, 0.15) is 11.8 Å². The standard InChI is InChI=1S/C19H27F2NO3/c1-19(2,3)9-8-14(18(23)24)22-16(17(20)21)13-7-6-12-5-4-10-25-15(12)11-13/h6-7,11,14,16-17,22H,4-5,8-10H2,1-3H3,(H,23,24). The van der Waals surface area contributed by atoms with Gasteiger partial charge in [-0.05, 0) is 48.3 Å². The van der Waals surface area contributed by atoms with E-state index in [9.17, 15) is 18.7 Å². The van der Waals surface area contributed by atoms with E-state index in [4.69, 9.17) is 4.74 Å². The first-order valence-corrected chi connectivity index (χ1v) is 8.70. The van der Waals surface area contributed by atoms with Gasteiger partial charge in [-0.15, -0.1) is 0 Å². The van der Waals surface area contributed by atoms with Gasteiger partial charge >= 0.3 is 5.97 Å². The minimum absolute atomic E-state index is 0.0602. The molecule has 2 atom stereocenters. The van der Waals surface area contributed by atoms with Crippen LogP contribution in [0.25, 0.3) is 0 Å². The van der Waals surface area contributed by atoms with E-state index in [2.05, 4.69) is 5.32 Å². The molecule has 0 radical (unpaired) electrons. The number of carboxylic acids is 1. The second-order valence-corrected chi connectivity index (χ2v) is 7.79. The van der Waals surface area contributed by atoms with Crippen LogP contribution in [0.4, 0.5) is 8.78 Å². The number of aryl methyl sites for hydroxylation is 1. The lowest BCUT2D eigenvalue weighted by atomic mass is 9.88. The van der Waals surface area contributed by atoms with Crippen LogP contribution >= 0.6 is 0 Å². The average Bonchev–Trinajstić information content (AvgIpc) is 2.53. The first-order valence-electron chi connectivity index (χ1n) is 8.70. The number of aliphatic carboxylic acids is 1. The van der Waals surface area contributed by atoms with Gasteiger partial charge in [-0.1, -0.05) is 32.9 Å². The monoisotopic (exact) mass is 355 g/mol. The van der Waals surface area contributed by atoms with Gasteiger partial charge in [0.2, 0.25) is 0 Å². The molecule has 0 amide bonds. The molecular formula is C19H27F2NO3. The summed E-state index contributed by atoms with van der Waals surface area (Å²) in [7, 11) is 0. The summed E-state index contributed by atoms with van der Waals surface area (Å²) in [6.45, 7) is 6.57. The Morgan fingerprint density at radius 2 is 2.08 bits per heavy atom. The van der Waals surface area contributed by atoms with Gasteiger partial charge in [-0.2, -0.15) is 0 Å². The van der Waals surface area contributed by atoms with Crippen LogP contribution in [0.1, 0.15) is 57.2 Å². The number of rotatable bonds is 7. The average molecular weight is 355 g/mol. The summed E-state index contributed by atoms with van der Waals surface area (Å²) >= 11 is 0. The molecule has 0 aliphatic carbocycles. The van der Waals surface area contributed by atoms with Crippen LogP contribution in [0.3, 0.4) is 0 Å². The van der Waals surface area contributed by atoms with Gasteiger partial charge < -0.3 is 9.84 Å². The lowest BCUT2D eigenvalue weighted by Crippen LogP contribution is -2.42. The van der Waals surface area contributed by atoms with Crippen molar-refractivity contribution in [1.29, 1.82) is 0 Å². The van der Waals surface area contributed by atoms with Gasteiger partial charge in [0.05, 0.1) is 12.6 Å². The van der Waals surface area contributed by atoms with E-state index in [1.165, 1.54) is 0 Å². The Hall–Kier alpha value is -1.69. The van der Waals surface area contributed by atoms with E-state index in [0.717, 1.165) is 18.4 Å². The fourth-order valence-corrected chi connectivity index (χ4v) is 2.94. The molecule has 25 heavy (non-hydrogen) atoms. The maximum absolute atomic E-state index is 13.6. The molecule has 1 heterocycles. The molecule has 0 aromatic heterocycles. The lowest BCUT2D eigenvalue weighted by Gasteiger charge is -2.27. The number of fused-ring (bicyclic) bond motifs is 1. The number of hydrogen-bond acceptors (Lipinski definition) is 3. The molecule has 2 rings (SSSR count). The summed E-state index contributed by atoms with van der Waals surface area (Å²) in [4.78, 5) is 11.5. The van der Waals surface area contributed by atoms with Crippen molar-refractivity contribution in [3.8, 4) is 5.75 Å². The summed E-state index contributed by atoms with van der Waals surface area (Å²) in [5.74, 6) is -0.484. The molecule has 1 aliphatic heterocycles. The van der Waals surface area contributed by atoms with Crippen molar-refractivity contribution in [1.82, 2.24) is 5.32 Å². The highest BCUT2D eigenvalue weighted by atomic mass is 19.3. The molecule has 4 nitrogen and oxygen atoms in total. The number of carbonyl (C=O) groups is 1. The molecule has 0 fully saturated rings. The van der Waals surface area contributed by atoms with E-state index >= 15 is 0 Å². The third-order valence-electron chi connectivity index (χ3n) is 4.41. The number of hydrogen-bond donors (Lipinski definition) is 2. The number of alkyl halides is 2. The molecular weight excluding hydrogens is 328 g/mol. The Morgan fingerprint density at radius 1 is 1.36 bits per heavy atom. The number of ether oxygens (including phenoxy) is 1. The maximum Gasteiger partial charge on any atom is 0.320 e. The highest BCUT2D eigenvalue weighted by Crippen LogP contribution is 2.31. The van der Waals surface area contributed by atoms with Gasteiger partial charge in [0.25, 0.3) is 6.43 Å². The zero-order chi connectivity index (χ0) is 18.6. The van der Waals surface area contributed by atoms with Crippen molar-refractivity contribution in [2.24, 2.45) is 5.41 Å². The topological polar surface area (TPSA) is 58.6 Å². The molecule has 1 aromatic carbocycles. The third kappa shape index (κ3) is 5.66. The molecule has 0 spiro atoms. The van der Waals surface area contributed by atoms with Crippen molar-refractivity contribution in [3.05, 3.63) is 29.3 Å². The highest BCUT2D eigenvalue weighted by Gasteiger charge is 2.30. The molecule has 0 bridgehead atoms. The van der Waals surface area contributed by atoms with E-state index in [1.54, 1.807) is 18.2 Å². The largest absolute Gasteiger partial charge is 0.493 e. The minimum Gasteiger partial charge on any atom is -0.493 e. The summed E-state index contributed by atoms with van der Waals surface area (Å²) < 4.78 is 32.8. The van der Waals surface area contributed by atoms with Crippen LogP contribution in [-0.4, -0.2) is 30.2 Å². The SMILES string of the molecule is CC(C)(C)CCC(NC(c1ccc2c(c1)OCCC2)C(F)F)C(=O)O. The Kier molecular flexibility index (Phi) is 6.38. The zero-order valence-corrected chi connectivity index (χ0v) is 15.0. The van der Waals surface area contributed by atoms with Crippen molar-refractivity contribution in [3.63, 3.8) is 0 Å². The van der Waals surface area contributed by atoms with E-state index in [0.29, 0.717) is 30.8 Å². The second kappa shape index (κ2) is 8.13. The Morgan fingerprint density at radius 3 is 2.68 bits per heavy atom. The molecule has 2 unspecified atom stereocenters. The number of halogens is 2. The van der Waals surface area contributed by atoms with E-state index in [1.807, 2.05) is 20.8 Å². The van der Waals surface area contributed by atoms with Crippen LogP contribution in [0.2, 0.25) is 0 Å². The number of carboxylic acid groups (broad SMARTS) is 1. The Balaban J connectivity index is 2.17. The Bertz CT molecular complexity index is 599. The number of benzene rings is 1. The second-order valence-electron chi connectivity index (χ2n) is 7.79. The fourth-order valence-electron chi connectivity index (χ4n) is 2.94. The van der Waals surface area contributed by atoms with Crippen LogP contribution in [0.5, 0.6) is 5.75 Å². The summed E-state index contributed by atoms with van der Waals surface area (Å²) in [5.41, 5.74) is 1.30. The van der Waals surface area contributed by atoms with Crippen LogP contribution in [0.15, 0.2) is 18.2 Å². The Labute approximate surface area is 147 Å². The first-order chi connectivity index (χ1) is 11.7. The van der Waals surface area contributed by atoms with E-state index in [-0.39, 0.29) is 5.41 Å². The normalized spacial score (nSPS) is 16.9. The van der Waals surface area contributed by atoms with Crippen LogP contribution in [0, 0.1) is 5.41 Å². The highest BCUT2D eigenvalue weighted by molar-refractivity contribution is 5.73. The molecule has 1 aromatic rings. The van der Waals surface area contributed by atoms with Crippen molar-refractivity contribution < 1.29 is 23.4 Å². The molecule has 0 saturated carbocycles. The predicted molar refractivity (Wildman–Crippen MR) is 92.3 cm³/mol. The molecule has 1 aliphatic rings. The summed E-state index contributed by atoms with van der Waals surface area (Å²) in [6, 6.07) is 2.69. The van der Waals surface area contributed by atoms with Crippen LogP contribution < -0.4 is 10.1 Å². The summed E-state index contributed by atoms with van der Waals surface area (Å²) in [6.07, 6.45) is -0.00947. The lowest BCUT2D eigenvalue weighted by molar-refractivity contribution is -0.140. The fraction of sp³-hybridized carbons (Fsp3) is 0.632. The van der Waals surface area contributed by atoms with Crippen molar-refractivity contribution in [2.45, 2.75) is 65.0 Å². The molecule has 140 valence electrons. The van der Waals surface area contributed by atoms with Gasteiger partial charge in [0, 0.05) is 0 Å². The summed E-state index contributed by atoms with van der Waals surface area (Å²) in [5, 5.41) is 12.1. The third-order valence-corrected chi connectivity index (χ3v) is 4.41. The maximum atomic E-state index is 13.6. The van der Waals surface area contributed by atoms with E-state index < -0.39 is 24.5 Å². The molecule has 0 saturated heterocycles. The quantitative estimate of drug-likeness (QED) is 0.770. The van der Waals surface area contributed by atoms with Crippen LogP contribution in [-0.2, 0) is 11.2 Å². The molecule has 2 N–H and O–H groups in total. The van der Waals surface area contributed by atoms with Crippen molar-refractivity contribution >= 4 is 5.97 Å². The zero-order valence-electron chi connectivity index (χ0n) is 15.0. The van der Waals surface area contributed by atoms with Gasteiger partial charge in [-0.3, -0.25) is 10.1 Å². The smallest absolute Gasteiger partial charge is 0.320 e. The van der Waals surface area contributed by atoms with Crippen molar-refractivity contribution in [2.75, 3.05) is 6.61 Å². The predicted octanol–water partition coefficient (Wildman–Crippen LogP) is 4.19. The number of nitrogens with one attached hydrogen (secondary N) is 1. The molecule has 6 heteroatoms. The first kappa shape index (κ1) is 19.6. The van der Waals surface area contributed by atoms with Gasteiger partial charge in [-0.25, -0.2) is 8.78 Å². The minimum atomic E-state index is -2.71.